The maximum absolute atomic E-state index is 10.1. The summed E-state index contributed by atoms with van der Waals surface area (Å²) in [6.07, 6.45) is 0.197. The molecule has 0 bridgehead atoms. The Labute approximate surface area is 54.6 Å². The summed E-state index contributed by atoms with van der Waals surface area (Å²) in [5.41, 5.74) is 0. The molecule has 0 aromatic rings. The fourth-order valence-electron chi connectivity index (χ4n) is 0.366. The molecular formula is C6H12O3. The van der Waals surface area contributed by atoms with Crippen molar-refractivity contribution in [2.24, 2.45) is 0 Å². The van der Waals surface area contributed by atoms with Crippen molar-refractivity contribution in [1.29, 1.82) is 0 Å². The maximum atomic E-state index is 10.1. The molecule has 9 heavy (non-hydrogen) atoms. The van der Waals surface area contributed by atoms with Gasteiger partial charge in [-0.05, 0) is 13.3 Å². The summed E-state index contributed by atoms with van der Waals surface area (Å²) in [7, 11) is 0. The lowest BCUT2D eigenvalue weighted by molar-refractivity contribution is -0.149. The van der Waals surface area contributed by atoms with Crippen molar-refractivity contribution >= 4 is 5.97 Å². The smallest absolute Gasteiger partial charge is 0.332 e. The van der Waals surface area contributed by atoms with Crippen LogP contribution < -0.4 is 0 Å². The fraction of sp³-hybridized carbons (Fsp3) is 0.833. The van der Waals surface area contributed by atoms with Crippen molar-refractivity contribution < 1.29 is 14.6 Å². The predicted octanol–water partition coefficient (Wildman–Crippen LogP) is 0.886. The SMILES string of the molecule is CCCOC(C)C(=O)O. The summed E-state index contributed by atoms with van der Waals surface area (Å²) in [6, 6.07) is 0. The van der Waals surface area contributed by atoms with Gasteiger partial charge in [0.1, 0.15) is 0 Å². The second-order valence-electron chi connectivity index (χ2n) is 1.85. The molecule has 0 radical (unpaired) electrons. The molecule has 3 nitrogen and oxygen atoms in total. The van der Waals surface area contributed by atoms with Gasteiger partial charge >= 0.3 is 5.97 Å². The van der Waals surface area contributed by atoms with Crippen molar-refractivity contribution in [3.63, 3.8) is 0 Å². The fourth-order valence-corrected chi connectivity index (χ4v) is 0.366. The van der Waals surface area contributed by atoms with E-state index in [-0.39, 0.29) is 0 Å². The van der Waals surface area contributed by atoms with Crippen LogP contribution in [0.2, 0.25) is 0 Å². The van der Waals surface area contributed by atoms with E-state index >= 15 is 0 Å². The van der Waals surface area contributed by atoms with Crippen LogP contribution in [0.4, 0.5) is 0 Å². The lowest BCUT2D eigenvalue weighted by Crippen LogP contribution is -2.19. The number of ether oxygens (including phenoxy) is 1. The standard InChI is InChI=1S/C6H12O3/c1-3-4-9-5(2)6(7)8/h5H,3-4H2,1-2H3,(H,7,8). The lowest BCUT2D eigenvalue weighted by atomic mass is 10.4. The Bertz CT molecular complexity index is 90.3. The summed E-state index contributed by atoms with van der Waals surface area (Å²) in [5.74, 6) is -0.900. The molecule has 0 aliphatic heterocycles. The molecule has 0 aromatic heterocycles. The van der Waals surface area contributed by atoms with Crippen LogP contribution in [0.5, 0.6) is 0 Å². The highest BCUT2D eigenvalue weighted by Gasteiger charge is 2.08. The molecule has 0 heterocycles. The van der Waals surface area contributed by atoms with Crippen LogP contribution in [0.25, 0.3) is 0 Å². The van der Waals surface area contributed by atoms with Gasteiger partial charge in [-0.25, -0.2) is 4.79 Å². The molecule has 0 fully saturated rings. The number of carbonyl (C=O) groups is 1. The van der Waals surface area contributed by atoms with E-state index in [4.69, 9.17) is 9.84 Å². The monoisotopic (exact) mass is 132 g/mol. The van der Waals surface area contributed by atoms with E-state index in [2.05, 4.69) is 0 Å². The largest absolute Gasteiger partial charge is 0.479 e. The van der Waals surface area contributed by atoms with Crippen LogP contribution in [0, 0.1) is 0 Å². The van der Waals surface area contributed by atoms with Gasteiger partial charge in [0.15, 0.2) is 6.10 Å². The minimum Gasteiger partial charge on any atom is -0.479 e. The topological polar surface area (TPSA) is 46.5 Å². The molecule has 0 spiro atoms. The van der Waals surface area contributed by atoms with Crippen molar-refractivity contribution in [3.8, 4) is 0 Å². The molecule has 3 heteroatoms. The van der Waals surface area contributed by atoms with E-state index in [0.29, 0.717) is 6.61 Å². The van der Waals surface area contributed by atoms with E-state index in [1.165, 1.54) is 6.92 Å². The molecule has 0 aliphatic rings. The van der Waals surface area contributed by atoms with Crippen LogP contribution in [-0.4, -0.2) is 23.8 Å². The van der Waals surface area contributed by atoms with Gasteiger partial charge in [-0.15, -0.1) is 0 Å². The quantitative estimate of drug-likeness (QED) is 0.617. The van der Waals surface area contributed by atoms with Gasteiger partial charge in [-0.2, -0.15) is 0 Å². The maximum Gasteiger partial charge on any atom is 0.332 e. The summed E-state index contributed by atoms with van der Waals surface area (Å²) in [4.78, 5) is 10.1. The number of hydrogen-bond donors (Lipinski definition) is 1. The molecule has 0 saturated carbocycles. The van der Waals surface area contributed by atoms with Crippen LogP contribution in [0.15, 0.2) is 0 Å². The van der Waals surface area contributed by atoms with Crippen LogP contribution in [-0.2, 0) is 9.53 Å². The molecule has 0 aromatic carbocycles. The van der Waals surface area contributed by atoms with Crippen LogP contribution >= 0.6 is 0 Å². The Morgan fingerprint density at radius 2 is 2.33 bits per heavy atom. The molecule has 1 N–H and O–H groups in total. The van der Waals surface area contributed by atoms with Crippen molar-refractivity contribution in [3.05, 3.63) is 0 Å². The first-order valence-electron chi connectivity index (χ1n) is 3.03. The number of carboxylic acid groups (broad SMARTS) is 1. The van der Waals surface area contributed by atoms with Gasteiger partial charge in [0, 0.05) is 6.61 Å². The van der Waals surface area contributed by atoms with E-state index < -0.39 is 12.1 Å². The molecule has 0 saturated heterocycles. The molecular weight excluding hydrogens is 120 g/mol. The Hall–Kier alpha value is -0.570. The van der Waals surface area contributed by atoms with E-state index in [1.807, 2.05) is 6.92 Å². The predicted molar refractivity (Wildman–Crippen MR) is 33.3 cm³/mol. The number of aliphatic carboxylic acids is 1. The van der Waals surface area contributed by atoms with Gasteiger partial charge < -0.3 is 9.84 Å². The second-order valence-corrected chi connectivity index (χ2v) is 1.85. The Morgan fingerprint density at radius 1 is 1.78 bits per heavy atom. The highest BCUT2D eigenvalue weighted by atomic mass is 16.5. The minimum atomic E-state index is -0.900. The average Bonchev–Trinajstić information content (AvgIpc) is 1.82. The molecule has 1 atom stereocenters. The normalized spacial score (nSPS) is 13.1. The number of carboxylic acids is 1. The van der Waals surface area contributed by atoms with Gasteiger partial charge in [0.2, 0.25) is 0 Å². The van der Waals surface area contributed by atoms with Gasteiger partial charge in [0.25, 0.3) is 0 Å². The first kappa shape index (κ1) is 8.43. The third kappa shape index (κ3) is 3.97. The average molecular weight is 132 g/mol. The number of rotatable bonds is 4. The third-order valence-corrected chi connectivity index (χ3v) is 0.920. The molecule has 0 amide bonds. The summed E-state index contributed by atoms with van der Waals surface area (Å²) in [6.45, 7) is 3.99. The summed E-state index contributed by atoms with van der Waals surface area (Å²) in [5, 5.41) is 8.28. The van der Waals surface area contributed by atoms with E-state index in [9.17, 15) is 4.79 Å². The van der Waals surface area contributed by atoms with Crippen molar-refractivity contribution in [2.75, 3.05) is 6.61 Å². The zero-order valence-electron chi connectivity index (χ0n) is 5.76. The molecule has 54 valence electrons. The zero-order valence-corrected chi connectivity index (χ0v) is 5.76. The summed E-state index contributed by atoms with van der Waals surface area (Å²) < 4.78 is 4.85. The first-order valence-corrected chi connectivity index (χ1v) is 3.03. The molecule has 0 aliphatic carbocycles. The Balaban J connectivity index is 3.27. The van der Waals surface area contributed by atoms with Crippen LogP contribution in [0.3, 0.4) is 0 Å². The van der Waals surface area contributed by atoms with Crippen molar-refractivity contribution in [1.82, 2.24) is 0 Å². The van der Waals surface area contributed by atoms with Gasteiger partial charge in [-0.3, -0.25) is 0 Å². The summed E-state index contributed by atoms with van der Waals surface area (Å²) >= 11 is 0. The highest BCUT2D eigenvalue weighted by molar-refractivity contribution is 5.71. The third-order valence-electron chi connectivity index (χ3n) is 0.920. The van der Waals surface area contributed by atoms with Crippen LogP contribution in [0.1, 0.15) is 20.3 Å². The van der Waals surface area contributed by atoms with E-state index in [1.54, 1.807) is 0 Å². The van der Waals surface area contributed by atoms with Gasteiger partial charge in [-0.1, -0.05) is 6.92 Å². The second kappa shape index (κ2) is 4.32. The Kier molecular flexibility index (Phi) is 4.05. The van der Waals surface area contributed by atoms with E-state index in [0.717, 1.165) is 6.42 Å². The molecule has 1 unspecified atom stereocenters. The zero-order chi connectivity index (χ0) is 7.28. The van der Waals surface area contributed by atoms with Crippen molar-refractivity contribution in [2.45, 2.75) is 26.4 Å². The Morgan fingerprint density at radius 3 is 2.67 bits per heavy atom. The number of hydrogen-bond acceptors (Lipinski definition) is 2. The highest BCUT2D eigenvalue weighted by Crippen LogP contribution is 1.90. The lowest BCUT2D eigenvalue weighted by Gasteiger charge is -2.05. The van der Waals surface area contributed by atoms with Gasteiger partial charge in [0.05, 0.1) is 0 Å². The minimum absolute atomic E-state index is 0.521. The molecule has 0 rings (SSSR count). The first-order chi connectivity index (χ1) is 4.18.